The summed E-state index contributed by atoms with van der Waals surface area (Å²) in [6.07, 6.45) is 0. The first-order valence-electron chi connectivity index (χ1n) is 27.4. The minimum atomic E-state index is -0.242. The van der Waals surface area contributed by atoms with Crippen molar-refractivity contribution in [1.82, 2.24) is 4.98 Å². The van der Waals surface area contributed by atoms with Crippen LogP contribution >= 0.6 is 11.8 Å². The third-order valence-electron chi connectivity index (χ3n) is 16.2. The first-order chi connectivity index (χ1) is 39.7. The monoisotopic (exact) mass is 1040 g/mol. The van der Waals surface area contributed by atoms with Crippen LogP contribution in [0.5, 0.6) is 0 Å². The Balaban J connectivity index is 1.01. The summed E-state index contributed by atoms with van der Waals surface area (Å²) in [5.41, 5.74) is 22.3. The number of pyridine rings is 1. The summed E-state index contributed by atoms with van der Waals surface area (Å²) in [7, 11) is 0. The van der Waals surface area contributed by atoms with Crippen molar-refractivity contribution in [2.45, 2.75) is 9.79 Å². The molecule has 0 spiro atoms. The molecule has 4 aliphatic heterocycles. The molecule has 11 aromatic carbocycles. The van der Waals surface area contributed by atoms with Crippen LogP contribution in [-0.4, -0.2) is 18.4 Å². The number of aromatic nitrogens is 1. The van der Waals surface area contributed by atoms with Gasteiger partial charge in [-0.3, -0.25) is 4.90 Å². The Morgan fingerprint density at radius 1 is 0.287 bits per heavy atom. The van der Waals surface area contributed by atoms with Crippen molar-refractivity contribution < 1.29 is 0 Å². The highest BCUT2D eigenvalue weighted by molar-refractivity contribution is 8.00. The maximum absolute atomic E-state index is 6.31. The lowest BCUT2D eigenvalue weighted by Crippen LogP contribution is -2.65. The molecule has 9 heteroatoms. The molecule has 0 N–H and O–H groups in total. The molecule has 12 aromatic rings. The molecule has 0 saturated heterocycles. The van der Waals surface area contributed by atoms with E-state index in [1.54, 1.807) is 0 Å². The van der Waals surface area contributed by atoms with E-state index in [-0.39, 0.29) is 13.4 Å². The fraction of sp³-hybridized carbons (Fsp3) is 0. The van der Waals surface area contributed by atoms with Crippen molar-refractivity contribution in [1.29, 1.82) is 0 Å². The Labute approximate surface area is 471 Å². The van der Waals surface area contributed by atoms with Gasteiger partial charge in [0.2, 0.25) is 0 Å². The smallest absolute Gasteiger partial charge is 0.275 e. The molecule has 0 amide bonds. The maximum Gasteiger partial charge on any atom is 0.275 e. The van der Waals surface area contributed by atoms with Gasteiger partial charge in [0.15, 0.2) is 0 Å². The Morgan fingerprint density at radius 3 is 1.20 bits per heavy atom. The summed E-state index contributed by atoms with van der Waals surface area (Å²) in [5, 5.41) is 0. The molecule has 0 atom stereocenters. The van der Waals surface area contributed by atoms with Crippen molar-refractivity contribution in [2.75, 3.05) is 24.5 Å². The van der Waals surface area contributed by atoms with Crippen LogP contribution in [0.2, 0.25) is 0 Å². The fourth-order valence-electron chi connectivity index (χ4n) is 12.9. The van der Waals surface area contributed by atoms with Crippen molar-refractivity contribution in [3.8, 4) is 0 Å². The number of anilines is 15. The number of hydrogen-bond acceptors (Lipinski definition) is 7. The van der Waals surface area contributed by atoms with Crippen molar-refractivity contribution >= 4 is 144 Å². The van der Waals surface area contributed by atoms with Gasteiger partial charge in [0.1, 0.15) is 5.82 Å². The molecule has 6 nitrogen and oxygen atoms in total. The molecular formula is C71H48B2N6S. The molecule has 80 heavy (non-hydrogen) atoms. The van der Waals surface area contributed by atoms with Crippen LogP contribution in [0.1, 0.15) is 0 Å². The Hall–Kier alpha value is -9.95. The molecule has 0 fully saturated rings. The highest BCUT2D eigenvalue weighted by atomic mass is 32.2. The predicted molar refractivity (Wildman–Crippen MR) is 338 cm³/mol. The lowest BCUT2D eigenvalue weighted by molar-refractivity contribution is 1.17. The third kappa shape index (κ3) is 7.35. The zero-order valence-corrected chi connectivity index (χ0v) is 44.3. The van der Waals surface area contributed by atoms with Gasteiger partial charge in [-0.15, -0.1) is 0 Å². The van der Waals surface area contributed by atoms with Gasteiger partial charge in [-0.2, -0.15) is 0 Å². The summed E-state index contributed by atoms with van der Waals surface area (Å²) in [6, 6.07) is 106. The second kappa shape index (κ2) is 18.9. The highest BCUT2D eigenvalue weighted by Gasteiger charge is 2.49. The van der Waals surface area contributed by atoms with Crippen LogP contribution in [0.25, 0.3) is 0 Å². The molecule has 0 aliphatic carbocycles. The highest BCUT2D eigenvalue weighted by Crippen LogP contribution is 2.50. The van der Waals surface area contributed by atoms with Crippen molar-refractivity contribution in [3.63, 3.8) is 0 Å². The molecule has 374 valence electrons. The molecule has 16 rings (SSSR count). The first-order valence-corrected chi connectivity index (χ1v) is 28.2. The average molecular weight is 1040 g/mol. The second-order valence-corrected chi connectivity index (χ2v) is 21.8. The van der Waals surface area contributed by atoms with Gasteiger partial charge in [-0.25, -0.2) is 4.98 Å². The summed E-state index contributed by atoms with van der Waals surface area (Å²) in [6.45, 7) is -0.366. The molecule has 0 saturated carbocycles. The molecule has 1 aromatic heterocycles. The molecule has 4 aliphatic rings. The third-order valence-corrected chi connectivity index (χ3v) is 17.3. The van der Waals surface area contributed by atoms with E-state index in [1.165, 1.54) is 31.6 Å². The number of para-hydroxylation sites is 8. The lowest BCUT2D eigenvalue weighted by atomic mass is 9.33. The van der Waals surface area contributed by atoms with Crippen LogP contribution in [0.15, 0.2) is 301 Å². The number of nitrogens with zero attached hydrogens (tertiary/aromatic N) is 6. The van der Waals surface area contributed by atoms with E-state index in [1.807, 2.05) is 11.8 Å². The summed E-state index contributed by atoms with van der Waals surface area (Å²) >= 11 is 1.87. The largest absolute Gasteiger partial charge is 0.311 e. The van der Waals surface area contributed by atoms with E-state index in [0.717, 1.165) is 96.5 Å². The van der Waals surface area contributed by atoms with Gasteiger partial charge in [0.05, 0.1) is 11.4 Å². The molecule has 0 unspecified atom stereocenters. The summed E-state index contributed by atoms with van der Waals surface area (Å²) < 4.78 is 0. The van der Waals surface area contributed by atoms with Crippen LogP contribution in [0.3, 0.4) is 0 Å². The SMILES string of the molecule is c1ccc(N(c2ccccc2)c2cc3c4c(c2)N(c2ccccc2)c2nc5c(cc2B4c2ccccc2S3)N(c2ccccc2)c2cc(N(c3ccccc3)c3ccccc3)cc3c2B5c2ccccc2N3c2ccccc2)cc1. The quantitative estimate of drug-likeness (QED) is 0.133. The zero-order valence-electron chi connectivity index (χ0n) is 43.5. The Bertz CT molecular complexity index is 4230. The van der Waals surface area contributed by atoms with Crippen molar-refractivity contribution in [3.05, 3.63) is 291 Å². The van der Waals surface area contributed by atoms with Crippen LogP contribution in [0, 0.1) is 0 Å². The maximum atomic E-state index is 6.31. The molecular weight excluding hydrogens is 991 g/mol. The molecule has 0 radical (unpaired) electrons. The van der Waals surface area contributed by atoms with Gasteiger partial charge in [-0.1, -0.05) is 181 Å². The second-order valence-electron chi connectivity index (χ2n) is 20.7. The van der Waals surface area contributed by atoms with Crippen LogP contribution < -0.4 is 57.4 Å². The predicted octanol–water partition coefficient (Wildman–Crippen LogP) is 14.9. The number of benzene rings is 11. The van der Waals surface area contributed by atoms with Crippen LogP contribution in [-0.2, 0) is 0 Å². The van der Waals surface area contributed by atoms with Crippen molar-refractivity contribution in [2.24, 2.45) is 0 Å². The zero-order chi connectivity index (χ0) is 52.7. The minimum absolute atomic E-state index is 0.124. The lowest BCUT2D eigenvalue weighted by Gasteiger charge is -2.46. The van der Waals surface area contributed by atoms with Gasteiger partial charge < -0.3 is 19.6 Å². The van der Waals surface area contributed by atoms with E-state index in [9.17, 15) is 0 Å². The molecule has 0 bridgehead atoms. The number of rotatable bonds is 9. The fourth-order valence-corrected chi connectivity index (χ4v) is 14.1. The van der Waals surface area contributed by atoms with E-state index < -0.39 is 0 Å². The van der Waals surface area contributed by atoms with Gasteiger partial charge in [0, 0.05) is 83.6 Å². The van der Waals surface area contributed by atoms with Gasteiger partial charge >= 0.3 is 0 Å². The number of fused-ring (bicyclic) bond motifs is 8. The van der Waals surface area contributed by atoms with Crippen LogP contribution in [0.4, 0.5) is 85.4 Å². The van der Waals surface area contributed by atoms with Gasteiger partial charge in [-0.05, 0) is 149 Å². The van der Waals surface area contributed by atoms with E-state index in [2.05, 4.69) is 316 Å². The standard InChI is InChI=1S/C71H48B2N6S/c1-8-26-49(27-9-1)75(50-28-10-2-11-29-50)56-44-62-68-63(45-56)78(54-36-18-6-19-37-54)65-48-60-71(74-70(65)73(68)58-40-22-24-42-61(58)77(62)53-34-16-5-17-35-53)79(55-38-20-7-21-39-55)64-46-57(47-67-69(64)72(60)59-41-23-25-43-66(59)80-67)76(51-30-12-3-13-31-51)52-32-14-4-15-33-52/h1-48H. The van der Waals surface area contributed by atoms with Gasteiger partial charge in [0.25, 0.3) is 13.4 Å². The molecule has 5 heterocycles. The van der Waals surface area contributed by atoms with E-state index in [0.29, 0.717) is 0 Å². The topological polar surface area (TPSA) is 29.1 Å². The van der Waals surface area contributed by atoms with E-state index >= 15 is 0 Å². The average Bonchev–Trinajstić information content (AvgIpc) is 3.31. The normalized spacial score (nSPS) is 13.1. The summed E-state index contributed by atoms with van der Waals surface area (Å²) in [4.78, 5) is 21.0. The summed E-state index contributed by atoms with van der Waals surface area (Å²) in [5.74, 6) is 0.931. The number of hydrogen-bond donors (Lipinski definition) is 0. The Morgan fingerprint density at radius 2 is 0.688 bits per heavy atom. The minimum Gasteiger partial charge on any atom is -0.311 e. The first kappa shape index (κ1) is 46.2. The Kier molecular flexibility index (Phi) is 10.9. The van der Waals surface area contributed by atoms with E-state index in [4.69, 9.17) is 4.98 Å².